The fourth-order valence-electron chi connectivity index (χ4n) is 1.18. The predicted molar refractivity (Wildman–Crippen MR) is 55.6 cm³/mol. The number of nitrogens with two attached hydrogens (primary N) is 1. The van der Waals surface area contributed by atoms with E-state index in [1.165, 1.54) is 15.3 Å². The van der Waals surface area contributed by atoms with Crippen LogP contribution in [0.4, 0.5) is 0 Å². The van der Waals surface area contributed by atoms with Crippen LogP contribution in [-0.4, -0.2) is 32.8 Å². The van der Waals surface area contributed by atoms with Crippen molar-refractivity contribution in [2.24, 2.45) is 5.73 Å². The molecule has 0 saturated carbocycles. The number of halogens is 1. The first kappa shape index (κ1) is 16.4. The van der Waals surface area contributed by atoms with E-state index in [4.69, 9.17) is 8.81 Å². The Bertz CT molecular complexity index is 104. The molecule has 0 aromatic carbocycles. The molecule has 0 aliphatic heterocycles. The molecule has 13 heavy (non-hydrogen) atoms. The normalized spacial score (nSPS) is 12.0. The largest absolute Gasteiger partial charge is 1.00 e. The standard InChI is InChI=1S/C5H12N.C2H5O.C2H5.ClH.Sn/c1-3-4-5(2)6;1-2-3;1-2;;/h5H,1,3-4,6H2,2H3;2H2,1H3;1H2,2H3;1H;/q;-1;;;+2/p-1. The van der Waals surface area contributed by atoms with Crippen LogP contribution in [0.2, 0.25) is 8.87 Å². The van der Waals surface area contributed by atoms with Crippen molar-refractivity contribution in [3.63, 3.8) is 0 Å². The Morgan fingerprint density at radius 2 is 2.00 bits per heavy atom. The summed E-state index contributed by atoms with van der Waals surface area (Å²) in [6.07, 6.45) is 2.44. The van der Waals surface area contributed by atoms with E-state index in [-0.39, 0.29) is 12.4 Å². The third-order valence-corrected chi connectivity index (χ3v) is 8.70. The van der Waals surface area contributed by atoms with E-state index in [0.717, 1.165) is 13.0 Å². The van der Waals surface area contributed by atoms with Crippen molar-refractivity contribution in [2.75, 3.05) is 6.61 Å². The van der Waals surface area contributed by atoms with Gasteiger partial charge in [-0.05, 0) is 0 Å². The maximum atomic E-state index is 5.73. The van der Waals surface area contributed by atoms with Gasteiger partial charge in [-0.2, -0.15) is 0 Å². The second-order valence-corrected chi connectivity index (χ2v) is 10.5. The van der Waals surface area contributed by atoms with Crippen LogP contribution in [0, 0.1) is 0 Å². The average Bonchev–Trinajstić information content (AvgIpc) is 2.02. The summed E-state index contributed by atoms with van der Waals surface area (Å²) < 4.78 is 8.40. The maximum absolute atomic E-state index is 5.73. The van der Waals surface area contributed by atoms with Gasteiger partial charge in [-0.1, -0.05) is 0 Å². The minimum atomic E-state index is -1.36. The summed E-state index contributed by atoms with van der Waals surface area (Å²) in [5.41, 5.74) is 5.68. The van der Waals surface area contributed by atoms with Crippen molar-refractivity contribution in [1.29, 1.82) is 0 Å². The Hall–Kier alpha value is 1.01. The van der Waals surface area contributed by atoms with Crippen LogP contribution in [-0.2, 0) is 3.07 Å². The maximum Gasteiger partial charge on any atom is -1.00 e. The first-order valence-electron chi connectivity index (χ1n) is 4.93. The fourth-order valence-corrected chi connectivity index (χ4v) is 6.05. The van der Waals surface area contributed by atoms with Crippen LogP contribution in [0.25, 0.3) is 0 Å². The zero-order valence-electron chi connectivity index (χ0n) is 8.98. The zero-order valence-corrected chi connectivity index (χ0v) is 12.6. The monoisotopic (exact) mass is 315 g/mol. The van der Waals surface area contributed by atoms with Crippen LogP contribution < -0.4 is 18.1 Å². The van der Waals surface area contributed by atoms with E-state index in [9.17, 15) is 0 Å². The van der Waals surface area contributed by atoms with E-state index in [2.05, 4.69) is 20.8 Å². The van der Waals surface area contributed by atoms with Gasteiger partial charge in [0.25, 0.3) is 0 Å². The summed E-state index contributed by atoms with van der Waals surface area (Å²) in [5, 5.41) is 0. The Morgan fingerprint density at radius 1 is 1.38 bits per heavy atom. The molecular formula is C9H22ClNOSn. The van der Waals surface area contributed by atoms with Gasteiger partial charge < -0.3 is 12.4 Å². The van der Waals surface area contributed by atoms with E-state index in [1.807, 2.05) is 0 Å². The van der Waals surface area contributed by atoms with Gasteiger partial charge in [0.2, 0.25) is 0 Å². The second-order valence-electron chi connectivity index (χ2n) is 3.19. The van der Waals surface area contributed by atoms with E-state index in [0.29, 0.717) is 6.04 Å². The fraction of sp³-hybridized carbons (Fsp3) is 1.00. The van der Waals surface area contributed by atoms with Crippen molar-refractivity contribution in [1.82, 2.24) is 0 Å². The molecule has 0 amide bonds. The number of hydrogen-bond donors (Lipinski definition) is 1. The Kier molecular flexibility index (Phi) is 14.0. The first-order chi connectivity index (χ1) is 5.70. The van der Waals surface area contributed by atoms with E-state index in [1.54, 1.807) is 0 Å². The summed E-state index contributed by atoms with van der Waals surface area (Å²) in [7, 11) is 0. The van der Waals surface area contributed by atoms with Crippen molar-refractivity contribution in [3.8, 4) is 0 Å². The van der Waals surface area contributed by atoms with Crippen LogP contribution in [0.1, 0.15) is 33.6 Å². The van der Waals surface area contributed by atoms with Crippen molar-refractivity contribution >= 4 is 20.2 Å². The molecule has 0 saturated heterocycles. The van der Waals surface area contributed by atoms with Gasteiger partial charge in [0.15, 0.2) is 0 Å². The summed E-state index contributed by atoms with van der Waals surface area (Å²) in [5.74, 6) is 0. The molecule has 0 fully saturated rings. The van der Waals surface area contributed by atoms with E-state index >= 15 is 0 Å². The molecule has 0 aromatic rings. The molecule has 0 aromatic heterocycles. The van der Waals surface area contributed by atoms with Crippen LogP contribution in [0.15, 0.2) is 0 Å². The third-order valence-electron chi connectivity index (χ3n) is 1.86. The number of rotatable bonds is 7. The first-order valence-corrected chi connectivity index (χ1v) is 10.1. The molecule has 0 radical (unpaired) electrons. The van der Waals surface area contributed by atoms with Gasteiger partial charge in [-0.15, -0.1) is 0 Å². The van der Waals surface area contributed by atoms with Gasteiger partial charge in [0, 0.05) is 0 Å². The topological polar surface area (TPSA) is 35.2 Å². The van der Waals surface area contributed by atoms with Crippen molar-refractivity contribution in [2.45, 2.75) is 48.5 Å². The molecule has 2 nitrogen and oxygen atoms in total. The molecule has 0 spiro atoms. The van der Waals surface area contributed by atoms with E-state index < -0.39 is 20.2 Å². The Morgan fingerprint density at radius 3 is 2.38 bits per heavy atom. The Balaban J connectivity index is 0. The van der Waals surface area contributed by atoms with Gasteiger partial charge in [0.05, 0.1) is 0 Å². The third kappa shape index (κ3) is 10.9. The molecule has 0 aliphatic rings. The molecule has 0 bridgehead atoms. The van der Waals surface area contributed by atoms with Crippen LogP contribution in [0.3, 0.4) is 0 Å². The molecule has 0 rings (SSSR count). The minimum Gasteiger partial charge on any atom is -1.00 e. The summed E-state index contributed by atoms with van der Waals surface area (Å²) >= 11 is -1.36. The summed E-state index contributed by atoms with van der Waals surface area (Å²) in [6.45, 7) is 7.36. The molecule has 4 heteroatoms. The molecule has 0 heterocycles. The second kappa shape index (κ2) is 11.1. The molecular weight excluding hydrogens is 292 g/mol. The zero-order chi connectivity index (χ0) is 9.40. The predicted octanol–water partition coefficient (Wildman–Crippen LogP) is -0.834. The average molecular weight is 314 g/mol. The minimum absolute atomic E-state index is 0. The van der Waals surface area contributed by atoms with Crippen LogP contribution in [0.5, 0.6) is 0 Å². The van der Waals surface area contributed by atoms with Crippen molar-refractivity contribution < 1.29 is 15.5 Å². The summed E-state index contributed by atoms with van der Waals surface area (Å²) in [4.78, 5) is 0. The molecule has 0 aliphatic carbocycles. The SMILES string of the molecule is CC[O][Sn+]([CH2]C)[CH2]CCC(C)N.[Cl-]. The summed E-state index contributed by atoms with van der Waals surface area (Å²) in [6, 6.07) is 0.369. The smallest absolute Gasteiger partial charge is 1.00 e. The van der Waals surface area contributed by atoms with Gasteiger partial charge in [0.1, 0.15) is 0 Å². The molecule has 80 valence electrons. The quantitative estimate of drug-likeness (QED) is 0.623. The molecule has 1 unspecified atom stereocenters. The van der Waals surface area contributed by atoms with Gasteiger partial charge in [-0.25, -0.2) is 0 Å². The molecule has 1 atom stereocenters. The van der Waals surface area contributed by atoms with Gasteiger partial charge >= 0.3 is 84.1 Å². The Labute approximate surface area is 96.3 Å². The molecule has 2 N–H and O–H groups in total. The van der Waals surface area contributed by atoms with Crippen LogP contribution >= 0.6 is 0 Å². The number of hydrogen-bond acceptors (Lipinski definition) is 2. The van der Waals surface area contributed by atoms with Crippen molar-refractivity contribution in [3.05, 3.63) is 0 Å². The van der Waals surface area contributed by atoms with Gasteiger partial charge in [-0.3, -0.25) is 0 Å².